The van der Waals surface area contributed by atoms with Gasteiger partial charge in [0.15, 0.2) is 5.69 Å². The lowest BCUT2D eigenvalue weighted by Gasteiger charge is -2.43. The van der Waals surface area contributed by atoms with Crippen molar-refractivity contribution < 1.29 is 19.1 Å². The van der Waals surface area contributed by atoms with Crippen LogP contribution in [-0.4, -0.2) is 42.9 Å². The summed E-state index contributed by atoms with van der Waals surface area (Å²) < 4.78 is 13.6. The van der Waals surface area contributed by atoms with Crippen LogP contribution in [0.5, 0.6) is 5.75 Å². The van der Waals surface area contributed by atoms with E-state index in [1.807, 2.05) is 12.1 Å². The molecule has 0 spiro atoms. The monoisotopic (exact) mass is 499 g/mol. The number of rotatable bonds is 5. The third-order valence-corrected chi connectivity index (χ3v) is 6.24. The molecule has 2 aromatic heterocycles. The summed E-state index contributed by atoms with van der Waals surface area (Å²) in [6.45, 7) is -0.0358. The van der Waals surface area contributed by atoms with Crippen LogP contribution in [-0.2, 0) is 13.0 Å². The zero-order chi connectivity index (χ0) is 25.9. The van der Waals surface area contributed by atoms with E-state index in [0.717, 1.165) is 11.9 Å². The number of para-hydroxylation sites is 1. The number of H-pyrrole nitrogens is 1. The average Bonchev–Trinajstić information content (AvgIpc) is 2.93. The van der Waals surface area contributed by atoms with Gasteiger partial charge in [-0.05, 0) is 54.3 Å². The Bertz CT molecular complexity index is 1510. The zero-order valence-corrected chi connectivity index (χ0v) is 19.5. The van der Waals surface area contributed by atoms with Crippen LogP contribution in [0.1, 0.15) is 38.5 Å². The number of aromatic amines is 1. The second-order valence-corrected chi connectivity index (χ2v) is 8.53. The lowest BCUT2D eigenvalue weighted by Crippen LogP contribution is -2.55. The van der Waals surface area contributed by atoms with Crippen molar-refractivity contribution in [3.05, 3.63) is 118 Å². The number of nitrogens with one attached hydrogen (secondary N) is 1. The fourth-order valence-corrected chi connectivity index (χ4v) is 4.47. The molecule has 0 saturated heterocycles. The minimum absolute atomic E-state index is 0.0358. The zero-order valence-electron chi connectivity index (χ0n) is 19.5. The summed E-state index contributed by atoms with van der Waals surface area (Å²) in [5.74, 6) is -2.43. The Labute approximate surface area is 210 Å². The molecular formula is C27H22FN5O4. The molecule has 0 aliphatic carbocycles. The van der Waals surface area contributed by atoms with Gasteiger partial charge in [-0.25, -0.2) is 9.37 Å². The van der Waals surface area contributed by atoms with Gasteiger partial charge < -0.3 is 15.0 Å². The Hall–Kier alpha value is -4.86. The number of halogens is 1. The quantitative estimate of drug-likeness (QED) is 0.435. The van der Waals surface area contributed by atoms with E-state index in [0.29, 0.717) is 24.1 Å². The SMILES string of the molecule is O=C(c1nc[nH]c(=O)c1O)N(Cc1ccc(F)cc1)C1CCc2ccccc2N1C(=O)c1ccccn1. The number of aromatic nitrogens is 3. The van der Waals surface area contributed by atoms with E-state index in [1.54, 1.807) is 30.3 Å². The molecule has 0 bridgehead atoms. The molecule has 1 unspecified atom stereocenters. The highest BCUT2D eigenvalue weighted by atomic mass is 19.1. The summed E-state index contributed by atoms with van der Waals surface area (Å²) in [6, 6.07) is 18.0. The number of hydrogen-bond acceptors (Lipinski definition) is 6. The van der Waals surface area contributed by atoms with Crippen molar-refractivity contribution in [2.75, 3.05) is 4.90 Å². The number of amides is 2. The minimum atomic E-state index is -0.865. The highest BCUT2D eigenvalue weighted by Gasteiger charge is 2.39. The van der Waals surface area contributed by atoms with Gasteiger partial charge in [0.25, 0.3) is 17.4 Å². The summed E-state index contributed by atoms with van der Waals surface area (Å²) in [6.07, 6.45) is 2.65. The highest BCUT2D eigenvalue weighted by molar-refractivity contribution is 6.06. The van der Waals surface area contributed by atoms with E-state index in [4.69, 9.17) is 0 Å². The molecule has 9 nitrogen and oxygen atoms in total. The number of aromatic hydroxyl groups is 1. The number of aryl methyl sites for hydroxylation is 1. The van der Waals surface area contributed by atoms with Crippen LogP contribution in [0.2, 0.25) is 0 Å². The summed E-state index contributed by atoms with van der Waals surface area (Å²) >= 11 is 0. The number of carbonyl (C=O) groups is 2. The normalized spacial score (nSPS) is 14.6. The highest BCUT2D eigenvalue weighted by Crippen LogP contribution is 2.34. The van der Waals surface area contributed by atoms with E-state index >= 15 is 0 Å². The number of fused-ring (bicyclic) bond motifs is 1. The molecule has 1 aliphatic heterocycles. The van der Waals surface area contributed by atoms with Crippen LogP contribution >= 0.6 is 0 Å². The van der Waals surface area contributed by atoms with Crippen molar-refractivity contribution in [3.63, 3.8) is 0 Å². The molecule has 2 aromatic carbocycles. The second-order valence-electron chi connectivity index (χ2n) is 8.53. The van der Waals surface area contributed by atoms with Crippen molar-refractivity contribution >= 4 is 17.5 Å². The first-order valence-electron chi connectivity index (χ1n) is 11.6. The molecule has 1 atom stereocenters. The lowest BCUT2D eigenvalue weighted by molar-refractivity contribution is 0.0613. The standard InChI is InChI=1S/C27H22FN5O4/c28-19-11-8-17(9-12-19)15-32(27(37)23-24(34)25(35)31-16-30-23)22-13-10-18-5-1-2-7-21(18)33(22)26(36)20-6-3-4-14-29-20/h1-9,11-12,14,16,22,34H,10,13,15H2,(H,30,31,35). The Morgan fingerprint density at radius 2 is 1.81 bits per heavy atom. The van der Waals surface area contributed by atoms with Crippen LogP contribution in [0.15, 0.2) is 84.0 Å². The molecule has 3 heterocycles. The Morgan fingerprint density at radius 1 is 1.05 bits per heavy atom. The summed E-state index contributed by atoms with van der Waals surface area (Å²) in [4.78, 5) is 52.9. The first-order valence-corrected chi connectivity index (χ1v) is 11.6. The fourth-order valence-electron chi connectivity index (χ4n) is 4.47. The number of benzene rings is 2. The molecule has 0 radical (unpaired) electrons. The van der Waals surface area contributed by atoms with Crippen LogP contribution in [0.3, 0.4) is 0 Å². The van der Waals surface area contributed by atoms with Gasteiger partial charge in [-0.3, -0.25) is 24.3 Å². The van der Waals surface area contributed by atoms with Gasteiger partial charge in [0.05, 0.1) is 6.33 Å². The number of anilines is 1. The first kappa shape index (κ1) is 23.9. The van der Waals surface area contributed by atoms with Crippen molar-refractivity contribution in [1.82, 2.24) is 19.9 Å². The second kappa shape index (κ2) is 10.0. The number of pyridine rings is 1. The molecule has 10 heteroatoms. The maximum atomic E-state index is 13.8. The first-order chi connectivity index (χ1) is 17.9. The molecule has 0 fully saturated rings. The smallest absolute Gasteiger partial charge is 0.293 e. The maximum Gasteiger partial charge on any atom is 0.293 e. The molecule has 37 heavy (non-hydrogen) atoms. The van der Waals surface area contributed by atoms with Crippen molar-refractivity contribution in [2.45, 2.75) is 25.6 Å². The largest absolute Gasteiger partial charge is 0.501 e. The van der Waals surface area contributed by atoms with Crippen molar-refractivity contribution in [1.29, 1.82) is 0 Å². The maximum absolute atomic E-state index is 13.8. The Kier molecular flexibility index (Phi) is 6.46. The molecule has 2 amide bonds. The summed E-state index contributed by atoms with van der Waals surface area (Å²) in [5.41, 5.74) is 1.01. The predicted molar refractivity (Wildman–Crippen MR) is 132 cm³/mol. The van der Waals surface area contributed by atoms with Gasteiger partial charge in [0.2, 0.25) is 5.75 Å². The Morgan fingerprint density at radius 3 is 2.57 bits per heavy atom. The molecule has 2 N–H and O–H groups in total. The molecule has 4 aromatic rings. The fraction of sp³-hybridized carbons (Fsp3) is 0.148. The third-order valence-electron chi connectivity index (χ3n) is 6.24. The molecule has 5 rings (SSSR count). The molecule has 1 aliphatic rings. The molecule has 186 valence electrons. The topological polar surface area (TPSA) is 119 Å². The minimum Gasteiger partial charge on any atom is -0.501 e. The number of nitrogens with zero attached hydrogens (tertiary/aromatic N) is 4. The number of hydrogen-bond donors (Lipinski definition) is 2. The Balaban J connectivity index is 1.64. The summed E-state index contributed by atoms with van der Waals surface area (Å²) in [7, 11) is 0. The van der Waals surface area contributed by atoms with E-state index < -0.39 is 40.8 Å². The van der Waals surface area contributed by atoms with Gasteiger partial charge in [-0.2, -0.15) is 0 Å². The van der Waals surface area contributed by atoms with Crippen LogP contribution in [0.25, 0.3) is 0 Å². The van der Waals surface area contributed by atoms with Gasteiger partial charge in [0, 0.05) is 18.4 Å². The summed E-state index contributed by atoms with van der Waals surface area (Å²) in [5, 5.41) is 10.3. The van der Waals surface area contributed by atoms with Gasteiger partial charge >= 0.3 is 0 Å². The van der Waals surface area contributed by atoms with E-state index in [1.165, 1.54) is 40.3 Å². The number of carbonyl (C=O) groups excluding carboxylic acids is 2. The lowest BCUT2D eigenvalue weighted by atomic mass is 9.97. The van der Waals surface area contributed by atoms with Crippen molar-refractivity contribution in [3.8, 4) is 5.75 Å². The molecular weight excluding hydrogens is 477 g/mol. The van der Waals surface area contributed by atoms with E-state index in [9.17, 15) is 23.9 Å². The predicted octanol–water partition coefficient (Wildman–Crippen LogP) is 3.27. The van der Waals surface area contributed by atoms with Gasteiger partial charge in [-0.1, -0.05) is 36.4 Å². The third kappa shape index (κ3) is 4.68. The van der Waals surface area contributed by atoms with E-state index in [-0.39, 0.29) is 12.2 Å². The van der Waals surface area contributed by atoms with Crippen LogP contribution in [0, 0.1) is 5.82 Å². The van der Waals surface area contributed by atoms with Crippen LogP contribution < -0.4 is 10.5 Å². The van der Waals surface area contributed by atoms with Crippen molar-refractivity contribution in [2.24, 2.45) is 0 Å². The average molecular weight is 500 g/mol. The van der Waals surface area contributed by atoms with Crippen LogP contribution in [0.4, 0.5) is 10.1 Å². The molecule has 0 saturated carbocycles. The van der Waals surface area contributed by atoms with Gasteiger partial charge in [-0.15, -0.1) is 0 Å². The van der Waals surface area contributed by atoms with Gasteiger partial charge in [0.1, 0.15) is 17.7 Å². The van der Waals surface area contributed by atoms with E-state index in [2.05, 4.69) is 15.0 Å².